The first-order chi connectivity index (χ1) is 9.51. The molecule has 0 aliphatic carbocycles. The summed E-state index contributed by atoms with van der Waals surface area (Å²) in [5.41, 5.74) is 0. The van der Waals surface area contributed by atoms with Crippen LogP contribution in [0.5, 0.6) is 0 Å². The highest BCUT2D eigenvalue weighted by atomic mass is 79.9. The number of hydrogen-bond acceptors (Lipinski definition) is 4. The molecule has 0 radical (unpaired) electrons. The number of nitrogens with one attached hydrogen (secondary N) is 1. The molecule has 1 fully saturated rings. The average Bonchev–Trinajstić information content (AvgIpc) is 3.02. The van der Waals surface area contributed by atoms with Gasteiger partial charge in [0.1, 0.15) is 6.04 Å². The van der Waals surface area contributed by atoms with Crippen LogP contribution >= 0.6 is 27.3 Å². The van der Waals surface area contributed by atoms with Crippen LogP contribution in [-0.2, 0) is 16.1 Å². The molecule has 110 valence electrons. The predicted octanol–water partition coefficient (Wildman–Crippen LogP) is 1.89. The SMILES string of the molecule is COC1CC(C(=O)O)N(C(=O)NCc2ccc(Br)s2)C1. The molecular weight excluding hydrogens is 348 g/mol. The van der Waals surface area contributed by atoms with Crippen molar-refractivity contribution in [3.05, 3.63) is 20.8 Å². The number of urea groups is 1. The van der Waals surface area contributed by atoms with Crippen LogP contribution in [-0.4, -0.2) is 47.8 Å². The fourth-order valence-electron chi connectivity index (χ4n) is 2.14. The lowest BCUT2D eigenvalue weighted by atomic mass is 10.2. The maximum atomic E-state index is 12.1. The lowest BCUT2D eigenvalue weighted by molar-refractivity contribution is -0.141. The molecule has 8 heteroatoms. The van der Waals surface area contributed by atoms with Gasteiger partial charge in [0.05, 0.1) is 16.4 Å². The summed E-state index contributed by atoms with van der Waals surface area (Å²) in [5, 5.41) is 11.9. The minimum atomic E-state index is -1.00. The smallest absolute Gasteiger partial charge is 0.326 e. The second-order valence-corrected chi connectivity index (χ2v) is 7.01. The van der Waals surface area contributed by atoms with Crippen LogP contribution in [0.15, 0.2) is 15.9 Å². The molecule has 1 aromatic rings. The molecule has 0 spiro atoms. The summed E-state index contributed by atoms with van der Waals surface area (Å²) in [4.78, 5) is 25.6. The van der Waals surface area contributed by atoms with Crippen LogP contribution in [0.4, 0.5) is 4.79 Å². The fraction of sp³-hybridized carbons (Fsp3) is 0.500. The van der Waals surface area contributed by atoms with Crippen molar-refractivity contribution in [2.24, 2.45) is 0 Å². The number of hydrogen-bond donors (Lipinski definition) is 2. The number of thiophene rings is 1. The molecule has 1 aliphatic rings. The van der Waals surface area contributed by atoms with Crippen molar-refractivity contribution in [2.45, 2.75) is 25.1 Å². The Bertz CT molecular complexity index is 507. The van der Waals surface area contributed by atoms with E-state index in [4.69, 9.17) is 9.84 Å². The van der Waals surface area contributed by atoms with E-state index in [0.29, 0.717) is 19.5 Å². The summed E-state index contributed by atoms with van der Waals surface area (Å²) in [6.45, 7) is 0.684. The molecule has 6 nitrogen and oxygen atoms in total. The number of carbonyl (C=O) groups is 2. The Kier molecular flexibility index (Phi) is 5.00. The van der Waals surface area contributed by atoms with Crippen molar-refractivity contribution in [2.75, 3.05) is 13.7 Å². The van der Waals surface area contributed by atoms with Crippen LogP contribution in [0.2, 0.25) is 0 Å². The predicted molar refractivity (Wildman–Crippen MR) is 77.8 cm³/mol. The van der Waals surface area contributed by atoms with E-state index in [9.17, 15) is 9.59 Å². The van der Waals surface area contributed by atoms with Gasteiger partial charge in [-0.3, -0.25) is 0 Å². The van der Waals surface area contributed by atoms with Crippen molar-refractivity contribution in [3.8, 4) is 0 Å². The van der Waals surface area contributed by atoms with E-state index in [-0.39, 0.29) is 12.1 Å². The molecule has 1 saturated heterocycles. The zero-order chi connectivity index (χ0) is 14.7. The van der Waals surface area contributed by atoms with Crippen molar-refractivity contribution in [1.29, 1.82) is 0 Å². The third-order valence-corrected chi connectivity index (χ3v) is 4.81. The van der Waals surface area contributed by atoms with E-state index in [2.05, 4.69) is 21.2 Å². The Morgan fingerprint density at radius 3 is 2.90 bits per heavy atom. The van der Waals surface area contributed by atoms with Gasteiger partial charge in [-0.05, 0) is 28.1 Å². The zero-order valence-electron chi connectivity index (χ0n) is 10.8. The maximum absolute atomic E-state index is 12.1. The number of carboxylic acids is 1. The molecule has 2 heterocycles. The third-order valence-electron chi connectivity index (χ3n) is 3.18. The highest BCUT2D eigenvalue weighted by molar-refractivity contribution is 9.11. The van der Waals surface area contributed by atoms with E-state index in [0.717, 1.165) is 8.66 Å². The molecule has 2 atom stereocenters. The van der Waals surface area contributed by atoms with Gasteiger partial charge in [0.2, 0.25) is 0 Å². The Hall–Kier alpha value is -1.12. The van der Waals surface area contributed by atoms with Crippen molar-refractivity contribution in [3.63, 3.8) is 0 Å². The number of halogens is 1. The number of ether oxygens (including phenoxy) is 1. The van der Waals surface area contributed by atoms with E-state index in [1.807, 2.05) is 12.1 Å². The highest BCUT2D eigenvalue weighted by Gasteiger charge is 2.39. The van der Waals surface area contributed by atoms with E-state index < -0.39 is 12.0 Å². The summed E-state index contributed by atoms with van der Waals surface area (Å²) in [6, 6.07) is 2.62. The van der Waals surface area contributed by atoms with Gasteiger partial charge in [-0.2, -0.15) is 0 Å². The summed E-state index contributed by atoms with van der Waals surface area (Å²) >= 11 is 4.88. The van der Waals surface area contributed by atoms with Crippen LogP contribution in [0, 0.1) is 0 Å². The van der Waals surface area contributed by atoms with Gasteiger partial charge in [-0.1, -0.05) is 0 Å². The standard InChI is InChI=1S/C12H15BrN2O4S/c1-19-7-4-9(11(16)17)15(6-7)12(18)14-5-8-2-3-10(13)20-8/h2-3,7,9H,4-6H2,1H3,(H,14,18)(H,16,17). The van der Waals surface area contributed by atoms with Crippen molar-refractivity contribution >= 4 is 39.3 Å². The lowest BCUT2D eigenvalue weighted by Gasteiger charge is -2.21. The molecule has 20 heavy (non-hydrogen) atoms. The number of carbonyl (C=O) groups excluding carboxylic acids is 1. The van der Waals surface area contributed by atoms with Crippen LogP contribution in [0.3, 0.4) is 0 Å². The van der Waals surface area contributed by atoms with Crippen LogP contribution in [0.1, 0.15) is 11.3 Å². The van der Waals surface area contributed by atoms with Crippen LogP contribution in [0.25, 0.3) is 0 Å². The molecule has 1 aliphatic heterocycles. The Balaban J connectivity index is 1.95. The second kappa shape index (κ2) is 6.55. The number of rotatable bonds is 4. The monoisotopic (exact) mass is 362 g/mol. The number of aliphatic carboxylic acids is 1. The summed E-state index contributed by atoms with van der Waals surface area (Å²) in [6.07, 6.45) is 0.0989. The van der Waals surface area contributed by atoms with Gasteiger partial charge in [-0.15, -0.1) is 11.3 Å². The highest BCUT2D eigenvalue weighted by Crippen LogP contribution is 2.23. The van der Waals surface area contributed by atoms with E-state index in [1.54, 1.807) is 0 Å². The maximum Gasteiger partial charge on any atom is 0.326 e. The molecule has 0 aromatic carbocycles. The van der Waals surface area contributed by atoms with Gasteiger partial charge in [-0.25, -0.2) is 9.59 Å². The quantitative estimate of drug-likeness (QED) is 0.857. The first-order valence-corrected chi connectivity index (χ1v) is 7.66. The largest absolute Gasteiger partial charge is 0.480 e. The Morgan fingerprint density at radius 2 is 2.35 bits per heavy atom. The summed E-state index contributed by atoms with van der Waals surface area (Å²) in [7, 11) is 1.52. The molecule has 2 N–H and O–H groups in total. The van der Waals surface area contributed by atoms with Crippen molar-refractivity contribution in [1.82, 2.24) is 10.2 Å². The molecular formula is C12H15BrN2O4S. The van der Waals surface area contributed by atoms with Crippen molar-refractivity contribution < 1.29 is 19.4 Å². The molecule has 0 saturated carbocycles. The Morgan fingerprint density at radius 1 is 1.60 bits per heavy atom. The third kappa shape index (κ3) is 3.50. The minimum absolute atomic E-state index is 0.224. The molecule has 1 aromatic heterocycles. The van der Waals surface area contributed by atoms with Gasteiger partial charge in [0.15, 0.2) is 0 Å². The van der Waals surface area contributed by atoms with Gasteiger partial charge < -0.3 is 20.1 Å². The molecule has 2 unspecified atom stereocenters. The first kappa shape index (κ1) is 15.3. The topological polar surface area (TPSA) is 78.9 Å². The molecule has 0 bridgehead atoms. The molecule has 2 amide bonds. The van der Waals surface area contributed by atoms with Gasteiger partial charge >= 0.3 is 12.0 Å². The van der Waals surface area contributed by atoms with Crippen LogP contribution < -0.4 is 5.32 Å². The number of likely N-dealkylation sites (tertiary alicyclic amines) is 1. The lowest BCUT2D eigenvalue weighted by Crippen LogP contribution is -2.45. The number of amides is 2. The minimum Gasteiger partial charge on any atom is -0.480 e. The van der Waals surface area contributed by atoms with Gasteiger partial charge in [0, 0.05) is 25.0 Å². The second-order valence-electron chi connectivity index (χ2n) is 4.46. The first-order valence-electron chi connectivity index (χ1n) is 6.05. The molecule has 2 rings (SSSR count). The number of methoxy groups -OCH3 is 1. The van der Waals surface area contributed by atoms with Gasteiger partial charge in [0.25, 0.3) is 0 Å². The summed E-state index contributed by atoms with van der Waals surface area (Å²) in [5.74, 6) is -1.00. The number of carboxylic acid groups (broad SMARTS) is 1. The fourth-order valence-corrected chi connectivity index (χ4v) is 3.56. The zero-order valence-corrected chi connectivity index (χ0v) is 13.2. The number of nitrogens with zero attached hydrogens (tertiary/aromatic N) is 1. The van der Waals surface area contributed by atoms with E-state index >= 15 is 0 Å². The normalized spacial score (nSPS) is 22.0. The van der Waals surface area contributed by atoms with E-state index in [1.165, 1.54) is 23.3 Å². The Labute approximate surface area is 128 Å². The summed E-state index contributed by atoms with van der Waals surface area (Å²) < 4.78 is 6.14. The average molecular weight is 363 g/mol.